The van der Waals surface area contributed by atoms with E-state index in [1.165, 1.54) is 17.5 Å². The van der Waals surface area contributed by atoms with Crippen LogP contribution >= 0.6 is 0 Å². The zero-order valence-corrected chi connectivity index (χ0v) is 12.6. The Morgan fingerprint density at radius 2 is 1.41 bits per heavy atom. The maximum atomic E-state index is 2.75. The highest BCUT2D eigenvalue weighted by molar-refractivity contribution is 5.27. The Balaban J connectivity index is 0.000000770. The van der Waals surface area contributed by atoms with E-state index in [2.05, 4.69) is 64.2 Å². The average molecular weight is 235 g/mol. The fourth-order valence-electron chi connectivity index (χ4n) is 1.61. The highest BCUT2D eigenvalue weighted by Gasteiger charge is 2.12. The molecular weight excluding hydrogens is 206 g/mol. The second-order valence-corrected chi connectivity index (χ2v) is 6.04. The summed E-state index contributed by atoms with van der Waals surface area (Å²) < 4.78 is 0. The number of rotatable bonds is 2. The third-order valence-corrected chi connectivity index (χ3v) is 2.46. The summed E-state index contributed by atoms with van der Waals surface area (Å²) in [5.41, 5.74) is 3.15. The Labute approximate surface area is 108 Å². The lowest BCUT2D eigenvalue weighted by atomic mass is 9.86. The van der Waals surface area contributed by atoms with E-state index in [4.69, 9.17) is 0 Å². The Morgan fingerprint density at radius 1 is 1.00 bits per heavy atom. The molecule has 17 heavy (non-hydrogen) atoms. The Kier molecular flexibility index (Phi) is 7.13. The van der Waals surface area contributed by atoms with Crippen LogP contribution in [0, 0.1) is 5.92 Å². The molecule has 1 rings (SSSR count). The first-order valence-corrected chi connectivity index (χ1v) is 6.49. The highest BCUT2D eigenvalue weighted by Crippen LogP contribution is 2.22. The van der Waals surface area contributed by atoms with Crippen LogP contribution in [0.1, 0.15) is 45.7 Å². The standard InChI is InChI=1S/C14H22.C2H7N/c1-11(2)10-12-6-8-13(9-7-12)14(3,4)5;1-3-2/h6-9,11H,10H2,1-5H3;3H,1-2H3. The largest absolute Gasteiger partial charge is 0.323 e. The van der Waals surface area contributed by atoms with Crippen molar-refractivity contribution in [3.63, 3.8) is 0 Å². The zero-order chi connectivity index (χ0) is 13.5. The molecular formula is C16H29N. The minimum atomic E-state index is 0.274. The van der Waals surface area contributed by atoms with Gasteiger partial charge >= 0.3 is 0 Å². The molecule has 0 aliphatic carbocycles. The highest BCUT2D eigenvalue weighted by atomic mass is 14.7. The van der Waals surface area contributed by atoms with Crippen LogP contribution in [0.4, 0.5) is 0 Å². The van der Waals surface area contributed by atoms with E-state index >= 15 is 0 Å². The van der Waals surface area contributed by atoms with Gasteiger partial charge in [-0.05, 0) is 43.0 Å². The third-order valence-electron chi connectivity index (χ3n) is 2.46. The molecule has 0 aliphatic heterocycles. The summed E-state index contributed by atoms with van der Waals surface area (Å²) in [5.74, 6) is 0.746. The van der Waals surface area contributed by atoms with Crippen molar-refractivity contribution in [1.82, 2.24) is 5.32 Å². The molecule has 0 saturated carbocycles. The summed E-state index contributed by atoms with van der Waals surface area (Å²) >= 11 is 0. The number of benzene rings is 1. The molecule has 0 atom stereocenters. The van der Waals surface area contributed by atoms with E-state index in [0.717, 1.165) is 5.92 Å². The van der Waals surface area contributed by atoms with Gasteiger partial charge in [-0.1, -0.05) is 58.9 Å². The van der Waals surface area contributed by atoms with Gasteiger partial charge in [-0.15, -0.1) is 0 Å². The van der Waals surface area contributed by atoms with Crippen molar-refractivity contribution in [2.75, 3.05) is 14.1 Å². The molecule has 0 aromatic heterocycles. The van der Waals surface area contributed by atoms with Crippen LogP contribution in [-0.2, 0) is 11.8 Å². The monoisotopic (exact) mass is 235 g/mol. The van der Waals surface area contributed by atoms with E-state index in [9.17, 15) is 0 Å². The van der Waals surface area contributed by atoms with Crippen LogP contribution in [0.25, 0.3) is 0 Å². The van der Waals surface area contributed by atoms with Gasteiger partial charge in [-0.2, -0.15) is 0 Å². The molecule has 0 fully saturated rings. The fraction of sp³-hybridized carbons (Fsp3) is 0.625. The second kappa shape index (κ2) is 7.50. The molecule has 0 amide bonds. The number of hydrogen-bond acceptors (Lipinski definition) is 1. The van der Waals surface area contributed by atoms with Gasteiger partial charge in [0.2, 0.25) is 0 Å². The fourth-order valence-corrected chi connectivity index (χ4v) is 1.61. The second-order valence-electron chi connectivity index (χ2n) is 6.04. The van der Waals surface area contributed by atoms with Crippen molar-refractivity contribution >= 4 is 0 Å². The van der Waals surface area contributed by atoms with Crippen molar-refractivity contribution in [2.24, 2.45) is 5.92 Å². The molecule has 0 heterocycles. The topological polar surface area (TPSA) is 12.0 Å². The summed E-state index contributed by atoms with van der Waals surface area (Å²) in [5, 5.41) is 2.75. The molecule has 98 valence electrons. The molecule has 0 aliphatic rings. The van der Waals surface area contributed by atoms with Crippen LogP contribution in [0.2, 0.25) is 0 Å². The average Bonchev–Trinajstić information content (AvgIpc) is 2.17. The van der Waals surface area contributed by atoms with E-state index < -0.39 is 0 Å². The predicted octanol–water partition coefficient (Wildman–Crippen LogP) is 4.02. The molecule has 0 radical (unpaired) electrons. The first-order chi connectivity index (χ1) is 7.81. The van der Waals surface area contributed by atoms with Gasteiger partial charge in [-0.25, -0.2) is 0 Å². The smallest absolute Gasteiger partial charge is 0.0132 e. The maximum absolute atomic E-state index is 2.75. The van der Waals surface area contributed by atoms with Crippen molar-refractivity contribution in [3.8, 4) is 0 Å². The molecule has 0 unspecified atom stereocenters. The van der Waals surface area contributed by atoms with E-state index in [1.54, 1.807) is 0 Å². The lowest BCUT2D eigenvalue weighted by Gasteiger charge is -2.19. The Bertz CT molecular complexity index is 290. The minimum Gasteiger partial charge on any atom is -0.323 e. The van der Waals surface area contributed by atoms with Crippen LogP contribution in [0.15, 0.2) is 24.3 Å². The predicted molar refractivity (Wildman–Crippen MR) is 78.7 cm³/mol. The molecule has 0 spiro atoms. The Hall–Kier alpha value is -0.820. The van der Waals surface area contributed by atoms with Crippen LogP contribution in [0.3, 0.4) is 0 Å². The molecule has 1 aromatic carbocycles. The summed E-state index contributed by atoms with van der Waals surface area (Å²) in [6, 6.07) is 9.05. The molecule has 1 N–H and O–H groups in total. The molecule has 0 saturated heterocycles. The van der Waals surface area contributed by atoms with Crippen molar-refractivity contribution < 1.29 is 0 Å². The number of nitrogens with one attached hydrogen (secondary N) is 1. The van der Waals surface area contributed by atoms with Crippen LogP contribution in [-0.4, -0.2) is 14.1 Å². The van der Waals surface area contributed by atoms with Crippen LogP contribution < -0.4 is 5.32 Å². The van der Waals surface area contributed by atoms with Gasteiger partial charge in [0.25, 0.3) is 0 Å². The van der Waals surface area contributed by atoms with Crippen molar-refractivity contribution in [2.45, 2.75) is 46.5 Å². The van der Waals surface area contributed by atoms with Gasteiger partial charge in [0.15, 0.2) is 0 Å². The lowest BCUT2D eigenvalue weighted by molar-refractivity contribution is 0.589. The van der Waals surface area contributed by atoms with Crippen molar-refractivity contribution in [1.29, 1.82) is 0 Å². The van der Waals surface area contributed by atoms with Gasteiger partial charge in [0, 0.05) is 0 Å². The number of hydrogen-bond donors (Lipinski definition) is 1. The minimum absolute atomic E-state index is 0.274. The van der Waals surface area contributed by atoms with Crippen molar-refractivity contribution in [3.05, 3.63) is 35.4 Å². The maximum Gasteiger partial charge on any atom is -0.0132 e. The molecule has 0 bridgehead atoms. The molecule has 1 heteroatoms. The molecule has 1 aromatic rings. The van der Waals surface area contributed by atoms with E-state index in [0.29, 0.717) is 0 Å². The lowest BCUT2D eigenvalue weighted by Crippen LogP contribution is -2.10. The normalized spacial score (nSPS) is 11.1. The summed E-state index contributed by atoms with van der Waals surface area (Å²) in [6.07, 6.45) is 1.18. The SMILES string of the molecule is CC(C)Cc1ccc(C(C)(C)C)cc1.CNC. The zero-order valence-electron chi connectivity index (χ0n) is 12.6. The summed E-state index contributed by atoms with van der Waals surface area (Å²) in [7, 11) is 3.75. The summed E-state index contributed by atoms with van der Waals surface area (Å²) in [6.45, 7) is 11.3. The third kappa shape index (κ3) is 7.17. The van der Waals surface area contributed by atoms with E-state index in [1.807, 2.05) is 14.1 Å². The quantitative estimate of drug-likeness (QED) is 0.816. The van der Waals surface area contributed by atoms with E-state index in [-0.39, 0.29) is 5.41 Å². The van der Waals surface area contributed by atoms with Gasteiger partial charge in [0.05, 0.1) is 0 Å². The molecule has 1 nitrogen and oxygen atoms in total. The Morgan fingerprint density at radius 3 is 1.71 bits per heavy atom. The summed E-state index contributed by atoms with van der Waals surface area (Å²) in [4.78, 5) is 0. The van der Waals surface area contributed by atoms with Gasteiger partial charge in [-0.3, -0.25) is 0 Å². The first kappa shape index (κ1) is 16.2. The van der Waals surface area contributed by atoms with Gasteiger partial charge in [0.1, 0.15) is 0 Å². The van der Waals surface area contributed by atoms with Crippen LogP contribution in [0.5, 0.6) is 0 Å². The van der Waals surface area contributed by atoms with Gasteiger partial charge < -0.3 is 5.32 Å². The first-order valence-electron chi connectivity index (χ1n) is 6.49.